The molecule has 0 radical (unpaired) electrons. The van der Waals surface area contributed by atoms with Gasteiger partial charge in [0.15, 0.2) is 6.23 Å². The van der Waals surface area contributed by atoms with E-state index in [1.54, 1.807) is 0 Å². The van der Waals surface area contributed by atoms with E-state index in [1.807, 2.05) is 67.6 Å². The van der Waals surface area contributed by atoms with Gasteiger partial charge >= 0.3 is 6.03 Å². The summed E-state index contributed by atoms with van der Waals surface area (Å²) in [4.78, 5) is 13.7. The number of aliphatic hydroxyl groups is 1. The Kier molecular flexibility index (Phi) is 3.39. The SMILES string of the molecule is CCN1C(=O)NC(c2ccccc2)(c2ccccc2)C1O. The maximum Gasteiger partial charge on any atom is 0.320 e. The second kappa shape index (κ2) is 5.22. The Hall–Kier alpha value is -2.33. The van der Waals surface area contributed by atoms with Gasteiger partial charge in [0.25, 0.3) is 0 Å². The van der Waals surface area contributed by atoms with Crippen LogP contribution in [0.1, 0.15) is 18.1 Å². The molecular weight excluding hydrogens is 264 g/mol. The van der Waals surface area contributed by atoms with Crippen molar-refractivity contribution in [1.29, 1.82) is 0 Å². The standard InChI is InChI=1S/C17H18N2O2/c1-2-19-15(20)17(18-16(19)21,13-9-5-3-6-10-13)14-11-7-4-8-12-14/h3-12,15,20H,2H2,1H3,(H,18,21). The Balaban J connectivity index is 2.20. The average molecular weight is 282 g/mol. The second-order valence-electron chi connectivity index (χ2n) is 5.13. The van der Waals surface area contributed by atoms with E-state index in [-0.39, 0.29) is 6.03 Å². The van der Waals surface area contributed by atoms with Gasteiger partial charge in [0, 0.05) is 6.54 Å². The lowest BCUT2D eigenvalue weighted by atomic mass is 9.82. The zero-order valence-corrected chi connectivity index (χ0v) is 11.9. The molecule has 2 N–H and O–H groups in total. The topological polar surface area (TPSA) is 52.6 Å². The number of amides is 2. The molecule has 0 spiro atoms. The summed E-state index contributed by atoms with van der Waals surface area (Å²) in [5, 5.41) is 13.8. The lowest BCUT2D eigenvalue weighted by Gasteiger charge is -2.34. The lowest BCUT2D eigenvalue weighted by Crippen LogP contribution is -2.48. The molecule has 1 saturated heterocycles. The van der Waals surface area contributed by atoms with Crippen LogP contribution in [0.2, 0.25) is 0 Å². The molecule has 1 heterocycles. The molecule has 0 bridgehead atoms. The summed E-state index contributed by atoms with van der Waals surface area (Å²) in [7, 11) is 0. The molecule has 1 fully saturated rings. The number of carbonyl (C=O) groups is 1. The Morgan fingerprint density at radius 1 is 1.05 bits per heavy atom. The number of nitrogens with one attached hydrogen (secondary N) is 1. The minimum Gasteiger partial charge on any atom is -0.370 e. The van der Waals surface area contributed by atoms with Crippen LogP contribution in [-0.2, 0) is 5.54 Å². The quantitative estimate of drug-likeness (QED) is 0.907. The lowest BCUT2D eigenvalue weighted by molar-refractivity contribution is 0.0171. The normalized spacial score (nSPS) is 20.4. The summed E-state index contributed by atoms with van der Waals surface area (Å²) >= 11 is 0. The Morgan fingerprint density at radius 2 is 1.52 bits per heavy atom. The number of nitrogens with zero attached hydrogens (tertiary/aromatic N) is 1. The largest absolute Gasteiger partial charge is 0.370 e. The minimum absolute atomic E-state index is 0.252. The molecule has 1 aliphatic heterocycles. The monoisotopic (exact) mass is 282 g/mol. The van der Waals surface area contributed by atoms with Crippen molar-refractivity contribution in [3.63, 3.8) is 0 Å². The van der Waals surface area contributed by atoms with Crippen LogP contribution in [0.5, 0.6) is 0 Å². The fourth-order valence-corrected chi connectivity index (χ4v) is 2.98. The number of urea groups is 1. The third-order valence-corrected chi connectivity index (χ3v) is 4.05. The Labute approximate surface area is 124 Å². The van der Waals surface area contributed by atoms with Crippen LogP contribution in [0, 0.1) is 0 Å². The van der Waals surface area contributed by atoms with Gasteiger partial charge in [-0.1, -0.05) is 60.7 Å². The van der Waals surface area contributed by atoms with Gasteiger partial charge in [-0.2, -0.15) is 0 Å². The first-order chi connectivity index (χ1) is 10.2. The van der Waals surface area contributed by atoms with Crippen LogP contribution in [0.25, 0.3) is 0 Å². The van der Waals surface area contributed by atoms with E-state index in [9.17, 15) is 9.90 Å². The Bertz CT molecular complexity index is 588. The Morgan fingerprint density at radius 3 is 1.90 bits per heavy atom. The number of likely N-dealkylation sites (N-methyl/N-ethyl adjacent to an activating group) is 1. The molecule has 4 heteroatoms. The first kappa shape index (κ1) is 13.6. The summed E-state index contributed by atoms with van der Waals surface area (Å²) in [6.45, 7) is 2.31. The van der Waals surface area contributed by atoms with Crippen molar-refractivity contribution in [3.05, 3.63) is 71.8 Å². The highest BCUT2D eigenvalue weighted by Crippen LogP contribution is 2.38. The van der Waals surface area contributed by atoms with Gasteiger partial charge in [0.2, 0.25) is 0 Å². The third kappa shape index (κ3) is 1.99. The van der Waals surface area contributed by atoms with E-state index in [0.717, 1.165) is 11.1 Å². The number of rotatable bonds is 3. The zero-order valence-electron chi connectivity index (χ0n) is 11.9. The van der Waals surface area contributed by atoms with Gasteiger partial charge in [0.05, 0.1) is 0 Å². The van der Waals surface area contributed by atoms with Crippen molar-refractivity contribution >= 4 is 6.03 Å². The van der Waals surface area contributed by atoms with E-state index in [0.29, 0.717) is 6.54 Å². The van der Waals surface area contributed by atoms with Gasteiger partial charge in [-0.15, -0.1) is 0 Å². The maximum absolute atomic E-state index is 12.2. The van der Waals surface area contributed by atoms with E-state index in [4.69, 9.17) is 0 Å². The van der Waals surface area contributed by atoms with Crippen molar-refractivity contribution in [2.45, 2.75) is 18.7 Å². The molecule has 2 aromatic carbocycles. The van der Waals surface area contributed by atoms with Crippen LogP contribution >= 0.6 is 0 Å². The van der Waals surface area contributed by atoms with Gasteiger partial charge < -0.3 is 10.4 Å². The van der Waals surface area contributed by atoms with Crippen molar-refractivity contribution in [3.8, 4) is 0 Å². The van der Waals surface area contributed by atoms with Crippen molar-refractivity contribution in [1.82, 2.24) is 10.2 Å². The van der Waals surface area contributed by atoms with Gasteiger partial charge in [0.1, 0.15) is 5.54 Å². The van der Waals surface area contributed by atoms with Crippen LogP contribution < -0.4 is 5.32 Å². The molecule has 1 aliphatic rings. The summed E-state index contributed by atoms with van der Waals surface area (Å²) in [6, 6.07) is 18.9. The molecule has 21 heavy (non-hydrogen) atoms. The van der Waals surface area contributed by atoms with E-state index >= 15 is 0 Å². The van der Waals surface area contributed by atoms with Crippen molar-refractivity contribution < 1.29 is 9.90 Å². The molecule has 4 nitrogen and oxygen atoms in total. The maximum atomic E-state index is 12.2. The molecule has 0 aromatic heterocycles. The van der Waals surface area contributed by atoms with E-state index < -0.39 is 11.8 Å². The number of benzene rings is 2. The van der Waals surface area contributed by atoms with Crippen molar-refractivity contribution in [2.24, 2.45) is 0 Å². The average Bonchev–Trinajstić information content (AvgIpc) is 2.80. The molecule has 1 unspecified atom stereocenters. The van der Waals surface area contributed by atoms with Gasteiger partial charge in [-0.05, 0) is 18.1 Å². The number of hydrogen-bond acceptors (Lipinski definition) is 2. The van der Waals surface area contributed by atoms with Crippen LogP contribution in [0.4, 0.5) is 4.79 Å². The summed E-state index contributed by atoms with van der Waals surface area (Å²) in [6.07, 6.45) is -0.945. The molecule has 1 atom stereocenters. The molecule has 0 saturated carbocycles. The van der Waals surface area contributed by atoms with Crippen LogP contribution in [0.3, 0.4) is 0 Å². The molecule has 0 aliphatic carbocycles. The fourth-order valence-electron chi connectivity index (χ4n) is 2.98. The van der Waals surface area contributed by atoms with E-state index in [1.165, 1.54) is 4.90 Å². The predicted octanol–water partition coefficient (Wildman–Crippen LogP) is 2.29. The van der Waals surface area contributed by atoms with Gasteiger partial charge in [-0.25, -0.2) is 4.79 Å². The molecular formula is C17H18N2O2. The predicted molar refractivity (Wildman–Crippen MR) is 80.6 cm³/mol. The summed E-state index contributed by atoms with van der Waals surface area (Å²) in [5.41, 5.74) is 0.802. The highest BCUT2D eigenvalue weighted by Gasteiger charge is 2.52. The van der Waals surface area contributed by atoms with Crippen molar-refractivity contribution in [2.75, 3.05) is 6.54 Å². The van der Waals surface area contributed by atoms with Crippen LogP contribution in [-0.4, -0.2) is 28.8 Å². The minimum atomic E-state index is -0.945. The van der Waals surface area contributed by atoms with E-state index in [2.05, 4.69) is 5.32 Å². The fraction of sp³-hybridized carbons (Fsp3) is 0.235. The smallest absolute Gasteiger partial charge is 0.320 e. The number of carbonyl (C=O) groups excluding carboxylic acids is 1. The van der Waals surface area contributed by atoms with Crippen LogP contribution in [0.15, 0.2) is 60.7 Å². The third-order valence-electron chi connectivity index (χ3n) is 4.05. The summed E-state index contributed by atoms with van der Waals surface area (Å²) < 4.78 is 0. The molecule has 2 amide bonds. The van der Waals surface area contributed by atoms with Gasteiger partial charge in [-0.3, -0.25) is 4.90 Å². The highest BCUT2D eigenvalue weighted by molar-refractivity contribution is 5.80. The highest BCUT2D eigenvalue weighted by atomic mass is 16.3. The first-order valence-corrected chi connectivity index (χ1v) is 7.08. The number of hydrogen-bond donors (Lipinski definition) is 2. The molecule has 2 aromatic rings. The zero-order chi connectivity index (χ0) is 14.9. The number of aliphatic hydroxyl groups excluding tert-OH is 1. The molecule has 3 rings (SSSR count). The first-order valence-electron chi connectivity index (χ1n) is 7.08. The second-order valence-corrected chi connectivity index (χ2v) is 5.13. The molecule has 108 valence electrons. The summed E-state index contributed by atoms with van der Waals surface area (Å²) in [5.74, 6) is 0.